The molecule has 7 nitrogen and oxygen atoms in total. The van der Waals surface area contributed by atoms with E-state index in [9.17, 15) is 19.2 Å². The fourth-order valence-electron chi connectivity index (χ4n) is 3.24. The number of aryl methyl sites for hydroxylation is 1. The Morgan fingerprint density at radius 2 is 1.66 bits per heavy atom. The van der Waals surface area contributed by atoms with Crippen molar-refractivity contribution in [2.45, 2.75) is 6.92 Å². The number of hydrogen-bond acceptors (Lipinski definition) is 5. The first-order valence-electron chi connectivity index (χ1n) is 9.81. The number of amides is 4. The zero-order valence-corrected chi connectivity index (χ0v) is 17.9. The largest absolute Gasteiger partial charge is 0.324 e. The molecular weight excluding hydrogens is 426 g/mol. The van der Waals surface area contributed by atoms with Crippen LogP contribution in [-0.4, -0.2) is 34.4 Å². The van der Waals surface area contributed by atoms with Crippen molar-refractivity contribution >= 4 is 56.9 Å². The molecule has 3 aromatic carbocycles. The van der Waals surface area contributed by atoms with Crippen LogP contribution in [0, 0.1) is 6.92 Å². The summed E-state index contributed by atoms with van der Waals surface area (Å²) in [6, 6.07) is 20.2. The van der Waals surface area contributed by atoms with Gasteiger partial charge < -0.3 is 10.6 Å². The van der Waals surface area contributed by atoms with Crippen LogP contribution in [-0.2, 0) is 14.4 Å². The van der Waals surface area contributed by atoms with Crippen molar-refractivity contribution in [2.24, 2.45) is 0 Å². The van der Waals surface area contributed by atoms with Gasteiger partial charge in [-0.25, -0.2) is 0 Å². The number of carbonyl (C=O) groups excluding carboxylic acids is 4. The van der Waals surface area contributed by atoms with Gasteiger partial charge in [-0.3, -0.25) is 24.1 Å². The Hall–Kier alpha value is -3.91. The molecule has 4 amide bonds. The van der Waals surface area contributed by atoms with E-state index in [1.165, 1.54) is 0 Å². The molecule has 1 aliphatic heterocycles. The van der Waals surface area contributed by atoms with Crippen LogP contribution >= 0.6 is 11.8 Å². The summed E-state index contributed by atoms with van der Waals surface area (Å²) in [4.78, 5) is 50.5. The Morgan fingerprint density at radius 1 is 0.938 bits per heavy atom. The van der Waals surface area contributed by atoms with Crippen LogP contribution in [0.15, 0.2) is 77.7 Å². The Balaban J connectivity index is 1.42. The van der Waals surface area contributed by atoms with E-state index >= 15 is 0 Å². The number of nitrogens with one attached hydrogen (secondary N) is 2. The third-order valence-corrected chi connectivity index (χ3v) is 5.73. The van der Waals surface area contributed by atoms with Crippen molar-refractivity contribution < 1.29 is 19.2 Å². The monoisotopic (exact) mass is 445 g/mol. The normalized spacial score (nSPS) is 14.8. The van der Waals surface area contributed by atoms with Crippen molar-refractivity contribution in [2.75, 3.05) is 17.2 Å². The van der Waals surface area contributed by atoms with Gasteiger partial charge in [0.2, 0.25) is 11.8 Å². The maximum atomic E-state index is 12.6. The second-order valence-corrected chi connectivity index (χ2v) is 8.19. The average molecular weight is 446 g/mol. The number of nitrogens with zero attached hydrogens (tertiary/aromatic N) is 1. The van der Waals surface area contributed by atoms with E-state index in [1.807, 2.05) is 55.5 Å². The van der Waals surface area contributed by atoms with Crippen LogP contribution < -0.4 is 10.6 Å². The summed E-state index contributed by atoms with van der Waals surface area (Å²) in [7, 11) is 0. The maximum absolute atomic E-state index is 12.6. The van der Waals surface area contributed by atoms with Crippen molar-refractivity contribution in [1.29, 1.82) is 0 Å². The highest BCUT2D eigenvalue weighted by Crippen LogP contribution is 2.30. The molecule has 1 aliphatic rings. The van der Waals surface area contributed by atoms with Gasteiger partial charge in [-0.2, -0.15) is 0 Å². The number of anilines is 2. The number of rotatable bonds is 5. The van der Waals surface area contributed by atoms with Gasteiger partial charge in [0.25, 0.3) is 11.1 Å². The molecule has 0 aromatic heterocycles. The molecule has 0 aliphatic carbocycles. The minimum Gasteiger partial charge on any atom is -0.324 e. The summed E-state index contributed by atoms with van der Waals surface area (Å²) in [6.45, 7) is 1.49. The van der Waals surface area contributed by atoms with E-state index in [-0.39, 0.29) is 4.91 Å². The molecule has 0 spiro atoms. The summed E-state index contributed by atoms with van der Waals surface area (Å²) >= 11 is 0.632. The number of hydrogen-bond donors (Lipinski definition) is 2. The van der Waals surface area contributed by atoms with Crippen LogP contribution in [0.4, 0.5) is 16.2 Å². The molecule has 0 unspecified atom stereocenters. The Labute approximate surface area is 188 Å². The number of thioether (sulfide) groups is 1. The highest BCUT2D eigenvalue weighted by molar-refractivity contribution is 8.18. The fourth-order valence-corrected chi connectivity index (χ4v) is 4.05. The molecule has 0 bridgehead atoms. The lowest BCUT2D eigenvalue weighted by Gasteiger charge is -2.13. The first kappa shape index (κ1) is 21.3. The summed E-state index contributed by atoms with van der Waals surface area (Å²) in [6.07, 6.45) is 1.08. The minimum atomic E-state index is -0.674. The summed E-state index contributed by atoms with van der Waals surface area (Å²) in [5.41, 5.74) is 2.21. The maximum Gasteiger partial charge on any atom is 0.294 e. The molecule has 3 aromatic rings. The van der Waals surface area contributed by atoms with Gasteiger partial charge >= 0.3 is 0 Å². The number of fused-ring (bicyclic) bond motifs is 1. The van der Waals surface area contributed by atoms with Gasteiger partial charge in [0.05, 0.1) is 4.91 Å². The van der Waals surface area contributed by atoms with Crippen LogP contribution in [0.5, 0.6) is 0 Å². The number of imide groups is 1. The van der Waals surface area contributed by atoms with E-state index in [0.717, 1.165) is 27.3 Å². The summed E-state index contributed by atoms with van der Waals surface area (Å²) in [5, 5.41) is 6.61. The lowest BCUT2D eigenvalue weighted by Crippen LogP contribution is -2.36. The van der Waals surface area contributed by atoms with E-state index in [4.69, 9.17) is 0 Å². The molecule has 8 heteroatoms. The molecule has 1 fully saturated rings. The molecule has 1 heterocycles. The second kappa shape index (κ2) is 9.07. The van der Waals surface area contributed by atoms with Crippen LogP contribution in [0.1, 0.15) is 5.56 Å². The SMILES string of the molecule is Cc1ccc(NC(=O)/C=C2\SC(=O)N(CC(=O)Nc3cccc4ccccc34)C2=O)cc1. The molecule has 0 saturated carbocycles. The molecule has 4 rings (SSSR count). The van der Waals surface area contributed by atoms with Crippen LogP contribution in [0.25, 0.3) is 10.8 Å². The van der Waals surface area contributed by atoms with Gasteiger partial charge in [-0.05, 0) is 42.3 Å². The quantitative estimate of drug-likeness (QED) is 0.571. The lowest BCUT2D eigenvalue weighted by atomic mass is 10.1. The third-order valence-electron chi connectivity index (χ3n) is 4.82. The van der Waals surface area contributed by atoms with Crippen molar-refractivity contribution in [3.8, 4) is 0 Å². The molecule has 1 saturated heterocycles. The predicted octanol–water partition coefficient (Wildman–Crippen LogP) is 4.30. The summed E-state index contributed by atoms with van der Waals surface area (Å²) in [5.74, 6) is -1.71. The smallest absolute Gasteiger partial charge is 0.294 e. The van der Waals surface area contributed by atoms with Gasteiger partial charge in [-0.15, -0.1) is 0 Å². The fraction of sp³-hybridized carbons (Fsp3) is 0.0833. The zero-order chi connectivity index (χ0) is 22.7. The van der Waals surface area contributed by atoms with Gasteiger partial charge in [0.1, 0.15) is 6.54 Å². The Kier molecular flexibility index (Phi) is 6.04. The highest BCUT2D eigenvalue weighted by atomic mass is 32.2. The van der Waals surface area contributed by atoms with Crippen molar-refractivity contribution in [1.82, 2.24) is 4.90 Å². The molecule has 160 valence electrons. The first-order chi connectivity index (χ1) is 15.4. The Bertz CT molecular complexity index is 1260. The molecule has 0 radical (unpaired) electrons. The number of carbonyl (C=O) groups is 4. The topological polar surface area (TPSA) is 95.6 Å². The zero-order valence-electron chi connectivity index (χ0n) is 17.1. The van der Waals surface area contributed by atoms with E-state index in [1.54, 1.807) is 18.2 Å². The first-order valence-corrected chi connectivity index (χ1v) is 10.6. The molecule has 32 heavy (non-hydrogen) atoms. The molecular formula is C24H19N3O4S. The van der Waals surface area contributed by atoms with Crippen LogP contribution in [0.2, 0.25) is 0 Å². The van der Waals surface area contributed by atoms with E-state index < -0.39 is 29.5 Å². The van der Waals surface area contributed by atoms with E-state index in [2.05, 4.69) is 10.6 Å². The molecule has 0 atom stereocenters. The predicted molar refractivity (Wildman–Crippen MR) is 125 cm³/mol. The van der Waals surface area contributed by atoms with E-state index in [0.29, 0.717) is 23.1 Å². The highest BCUT2D eigenvalue weighted by Gasteiger charge is 2.36. The minimum absolute atomic E-state index is 0.0300. The van der Waals surface area contributed by atoms with Crippen molar-refractivity contribution in [3.05, 3.63) is 83.3 Å². The standard InChI is InChI=1S/C24H19N3O4S/c1-15-9-11-17(12-10-15)25-21(28)13-20-23(30)27(24(31)32-20)14-22(29)26-19-8-4-6-16-5-2-3-7-18(16)19/h2-13H,14H2,1H3,(H,25,28)(H,26,29)/b20-13-. The Morgan fingerprint density at radius 3 is 2.44 bits per heavy atom. The summed E-state index contributed by atoms with van der Waals surface area (Å²) < 4.78 is 0. The van der Waals surface area contributed by atoms with Crippen LogP contribution in [0.3, 0.4) is 0 Å². The van der Waals surface area contributed by atoms with Gasteiger partial charge in [0.15, 0.2) is 0 Å². The third kappa shape index (κ3) is 4.70. The molecule has 2 N–H and O–H groups in total. The van der Waals surface area contributed by atoms with Gasteiger partial charge in [0, 0.05) is 22.8 Å². The number of benzene rings is 3. The lowest BCUT2D eigenvalue weighted by molar-refractivity contribution is -0.127. The average Bonchev–Trinajstić information content (AvgIpc) is 3.03. The van der Waals surface area contributed by atoms with Crippen molar-refractivity contribution in [3.63, 3.8) is 0 Å². The second-order valence-electron chi connectivity index (χ2n) is 7.20. The van der Waals surface area contributed by atoms with Gasteiger partial charge in [-0.1, -0.05) is 54.1 Å².